The summed E-state index contributed by atoms with van der Waals surface area (Å²) in [6, 6.07) is 10.8. The number of amides is 2. The molecule has 1 aromatic rings. The average molecular weight is 412 g/mol. The van der Waals surface area contributed by atoms with Gasteiger partial charge in [0.15, 0.2) is 0 Å². The predicted molar refractivity (Wildman–Crippen MR) is 119 cm³/mol. The second kappa shape index (κ2) is 9.51. The lowest BCUT2D eigenvalue weighted by Gasteiger charge is -2.57. The molecule has 3 aliphatic heterocycles. The molecule has 1 aromatic carbocycles. The van der Waals surface area contributed by atoms with Gasteiger partial charge in [-0.1, -0.05) is 18.2 Å². The van der Waals surface area contributed by atoms with E-state index in [-0.39, 0.29) is 23.9 Å². The van der Waals surface area contributed by atoms with Crippen LogP contribution in [0.25, 0.3) is 0 Å². The van der Waals surface area contributed by atoms with Gasteiger partial charge in [-0.15, -0.1) is 0 Å². The zero-order chi connectivity index (χ0) is 21.1. The Labute approximate surface area is 181 Å². The van der Waals surface area contributed by atoms with Crippen molar-refractivity contribution in [1.82, 2.24) is 15.1 Å². The van der Waals surface area contributed by atoms with Crippen LogP contribution in [0.2, 0.25) is 0 Å². The van der Waals surface area contributed by atoms with Crippen LogP contribution in [-0.4, -0.2) is 59.4 Å². The van der Waals surface area contributed by atoms with E-state index in [2.05, 4.69) is 15.1 Å². The van der Waals surface area contributed by atoms with Crippen LogP contribution in [0.5, 0.6) is 0 Å². The highest BCUT2D eigenvalue weighted by molar-refractivity contribution is 5.94. The van der Waals surface area contributed by atoms with Gasteiger partial charge < -0.3 is 10.2 Å². The molecular formula is C25H37N3O2. The number of carbonyl (C=O) groups is 2. The van der Waals surface area contributed by atoms with E-state index in [4.69, 9.17) is 0 Å². The van der Waals surface area contributed by atoms with Crippen molar-refractivity contribution in [2.24, 2.45) is 11.8 Å². The molecule has 2 amide bonds. The molecule has 5 nitrogen and oxygen atoms in total. The van der Waals surface area contributed by atoms with Crippen LogP contribution in [0.4, 0.5) is 0 Å². The van der Waals surface area contributed by atoms with E-state index in [1.807, 2.05) is 44.2 Å². The summed E-state index contributed by atoms with van der Waals surface area (Å²) in [5.74, 6) is 1.44. The highest BCUT2D eigenvalue weighted by atomic mass is 16.2. The molecule has 0 aliphatic carbocycles. The van der Waals surface area contributed by atoms with E-state index < -0.39 is 0 Å². The van der Waals surface area contributed by atoms with Crippen molar-refractivity contribution in [2.75, 3.05) is 19.6 Å². The molecule has 0 aromatic heterocycles. The summed E-state index contributed by atoms with van der Waals surface area (Å²) in [5, 5.41) is 3.00. The highest BCUT2D eigenvalue weighted by Crippen LogP contribution is 2.43. The lowest BCUT2D eigenvalue weighted by atomic mass is 9.69. The summed E-state index contributed by atoms with van der Waals surface area (Å²) >= 11 is 0. The summed E-state index contributed by atoms with van der Waals surface area (Å²) < 4.78 is 0. The Bertz CT molecular complexity index is 733. The Balaban J connectivity index is 1.53. The van der Waals surface area contributed by atoms with Crippen LogP contribution in [0, 0.1) is 11.8 Å². The lowest BCUT2D eigenvalue weighted by Crippen LogP contribution is -2.65. The van der Waals surface area contributed by atoms with Gasteiger partial charge in [-0.3, -0.25) is 14.5 Å². The molecule has 3 aliphatic rings. The highest BCUT2D eigenvalue weighted by Gasteiger charge is 2.49. The van der Waals surface area contributed by atoms with Gasteiger partial charge in [-0.2, -0.15) is 0 Å². The number of piperidine rings is 3. The van der Waals surface area contributed by atoms with Gasteiger partial charge in [0.2, 0.25) is 5.91 Å². The minimum absolute atomic E-state index is 0.127. The van der Waals surface area contributed by atoms with E-state index in [0.29, 0.717) is 24.3 Å². The summed E-state index contributed by atoms with van der Waals surface area (Å²) in [6.45, 7) is 7.30. The topological polar surface area (TPSA) is 52.7 Å². The summed E-state index contributed by atoms with van der Waals surface area (Å²) in [4.78, 5) is 30.6. The van der Waals surface area contributed by atoms with Gasteiger partial charge >= 0.3 is 0 Å². The first-order valence-corrected chi connectivity index (χ1v) is 11.9. The Morgan fingerprint density at radius 3 is 2.57 bits per heavy atom. The molecule has 0 unspecified atom stereocenters. The summed E-state index contributed by atoms with van der Waals surface area (Å²) in [7, 11) is 0. The molecule has 5 heteroatoms. The van der Waals surface area contributed by atoms with Crippen molar-refractivity contribution in [3.05, 3.63) is 35.9 Å². The van der Waals surface area contributed by atoms with Gasteiger partial charge in [0.1, 0.15) is 0 Å². The number of rotatable bonds is 6. The SMILES string of the molecule is CC(C)NC(=O)CCC[C@@H]1[C@H]2CCCN3CCC[C@@H](CN1C(=O)c1ccccc1)[C@@H]23. The second-order valence-corrected chi connectivity index (χ2v) is 9.74. The quantitative estimate of drug-likeness (QED) is 0.777. The fourth-order valence-electron chi connectivity index (χ4n) is 6.21. The molecule has 0 radical (unpaired) electrons. The first kappa shape index (κ1) is 21.4. The molecule has 164 valence electrons. The number of nitrogens with one attached hydrogen (secondary N) is 1. The largest absolute Gasteiger partial charge is 0.354 e. The first-order valence-electron chi connectivity index (χ1n) is 11.9. The first-order chi connectivity index (χ1) is 14.5. The molecule has 3 heterocycles. The van der Waals surface area contributed by atoms with Crippen LogP contribution in [0.15, 0.2) is 30.3 Å². The monoisotopic (exact) mass is 411 g/mol. The Hall–Kier alpha value is -1.88. The van der Waals surface area contributed by atoms with Gasteiger partial charge in [-0.05, 0) is 89.4 Å². The molecule has 0 saturated carbocycles. The van der Waals surface area contributed by atoms with Crippen molar-refractivity contribution >= 4 is 11.8 Å². The minimum Gasteiger partial charge on any atom is -0.354 e. The zero-order valence-electron chi connectivity index (χ0n) is 18.6. The molecule has 4 atom stereocenters. The molecule has 3 saturated heterocycles. The molecule has 3 fully saturated rings. The third kappa shape index (κ3) is 4.56. The minimum atomic E-state index is 0.127. The maximum absolute atomic E-state index is 13.5. The fourth-order valence-corrected chi connectivity index (χ4v) is 6.21. The van der Waals surface area contributed by atoms with Crippen LogP contribution in [0.1, 0.15) is 69.2 Å². The Kier molecular flexibility index (Phi) is 6.77. The third-order valence-corrected chi connectivity index (χ3v) is 7.31. The van der Waals surface area contributed by atoms with Crippen molar-refractivity contribution in [3.63, 3.8) is 0 Å². The second-order valence-electron chi connectivity index (χ2n) is 9.74. The normalized spacial score (nSPS) is 28.8. The molecule has 1 N–H and O–H groups in total. The van der Waals surface area contributed by atoms with Crippen LogP contribution in [0.3, 0.4) is 0 Å². The predicted octanol–water partition coefficient (Wildman–Crippen LogP) is 3.70. The van der Waals surface area contributed by atoms with Crippen molar-refractivity contribution in [3.8, 4) is 0 Å². The number of hydrogen-bond acceptors (Lipinski definition) is 3. The number of nitrogens with zero attached hydrogens (tertiary/aromatic N) is 2. The fraction of sp³-hybridized carbons (Fsp3) is 0.680. The van der Waals surface area contributed by atoms with E-state index in [9.17, 15) is 9.59 Å². The van der Waals surface area contributed by atoms with Crippen molar-refractivity contribution in [1.29, 1.82) is 0 Å². The molecule has 30 heavy (non-hydrogen) atoms. The molecule has 0 spiro atoms. The number of benzene rings is 1. The molecular weight excluding hydrogens is 374 g/mol. The smallest absolute Gasteiger partial charge is 0.254 e. The molecule has 0 bridgehead atoms. The lowest BCUT2D eigenvalue weighted by molar-refractivity contribution is -0.121. The van der Waals surface area contributed by atoms with Crippen molar-refractivity contribution < 1.29 is 9.59 Å². The Morgan fingerprint density at radius 2 is 1.83 bits per heavy atom. The maximum atomic E-state index is 13.5. The number of likely N-dealkylation sites (tertiary alicyclic amines) is 1. The maximum Gasteiger partial charge on any atom is 0.254 e. The zero-order valence-corrected chi connectivity index (χ0v) is 18.6. The number of carbonyl (C=O) groups excluding carboxylic acids is 2. The van der Waals surface area contributed by atoms with Crippen LogP contribution in [-0.2, 0) is 4.79 Å². The average Bonchev–Trinajstić information content (AvgIpc) is 2.75. The van der Waals surface area contributed by atoms with Gasteiger partial charge in [-0.25, -0.2) is 0 Å². The van der Waals surface area contributed by atoms with Gasteiger partial charge in [0.25, 0.3) is 5.91 Å². The van der Waals surface area contributed by atoms with E-state index in [1.54, 1.807) is 0 Å². The van der Waals surface area contributed by atoms with E-state index >= 15 is 0 Å². The summed E-state index contributed by atoms with van der Waals surface area (Å²) in [5.41, 5.74) is 0.793. The van der Waals surface area contributed by atoms with E-state index in [0.717, 1.165) is 24.9 Å². The van der Waals surface area contributed by atoms with E-state index in [1.165, 1.54) is 38.8 Å². The number of hydrogen-bond donors (Lipinski definition) is 1. The van der Waals surface area contributed by atoms with Gasteiger partial charge in [0.05, 0.1) is 0 Å². The third-order valence-electron chi connectivity index (χ3n) is 7.31. The standard InChI is InChI=1S/C25H37N3O2/c1-18(2)26-23(29)14-6-13-22-21-12-8-16-27-15-7-11-20(24(21)27)17-28(22)25(30)19-9-4-3-5-10-19/h3-5,9-10,18,20-22,24H,6-8,11-17H2,1-2H3,(H,26,29)/t20-,21+,22+,24-/m0/s1. The van der Waals surface area contributed by atoms with Crippen LogP contribution < -0.4 is 5.32 Å². The molecule has 4 rings (SSSR count). The van der Waals surface area contributed by atoms with Crippen LogP contribution >= 0.6 is 0 Å². The Morgan fingerprint density at radius 1 is 1.10 bits per heavy atom. The van der Waals surface area contributed by atoms with Gasteiger partial charge in [0, 0.05) is 36.7 Å². The summed E-state index contributed by atoms with van der Waals surface area (Å²) in [6.07, 6.45) is 7.24. The van der Waals surface area contributed by atoms with Crippen molar-refractivity contribution in [2.45, 2.75) is 76.9 Å².